The molecule has 0 saturated heterocycles. The van der Waals surface area contributed by atoms with Gasteiger partial charge in [-0.25, -0.2) is 0 Å². The Kier molecular flexibility index (Phi) is 4.76. The summed E-state index contributed by atoms with van der Waals surface area (Å²) in [5.41, 5.74) is 2.02. The van der Waals surface area contributed by atoms with Crippen molar-refractivity contribution in [2.45, 2.75) is 70.8 Å². The van der Waals surface area contributed by atoms with Gasteiger partial charge in [-0.1, -0.05) is 46.2 Å². The van der Waals surface area contributed by atoms with Crippen LogP contribution in [0, 0.1) is 11.3 Å². The fourth-order valence-corrected chi connectivity index (χ4v) is 5.51. The van der Waals surface area contributed by atoms with Crippen LogP contribution in [0.1, 0.15) is 80.8 Å². The van der Waals surface area contributed by atoms with Crippen molar-refractivity contribution in [2.24, 2.45) is 11.3 Å². The Balaban J connectivity index is 2.13. The van der Waals surface area contributed by atoms with Gasteiger partial charge in [0.25, 0.3) is 0 Å². The van der Waals surface area contributed by atoms with Crippen molar-refractivity contribution in [3.63, 3.8) is 0 Å². The zero-order valence-electron chi connectivity index (χ0n) is 16.5. The molecule has 1 saturated carbocycles. The number of hydrogen-bond acceptors (Lipinski definition) is 4. The van der Waals surface area contributed by atoms with Gasteiger partial charge in [0, 0.05) is 11.5 Å². The van der Waals surface area contributed by atoms with Crippen molar-refractivity contribution < 1.29 is 19.4 Å². The van der Waals surface area contributed by atoms with E-state index in [4.69, 9.17) is 4.74 Å². The van der Waals surface area contributed by atoms with Crippen LogP contribution in [-0.4, -0.2) is 30.1 Å². The lowest BCUT2D eigenvalue weighted by Crippen LogP contribution is -2.58. The fraction of sp³-hybridized carbons (Fsp3) is 0.636. The summed E-state index contributed by atoms with van der Waals surface area (Å²) in [6.45, 7) is 8.37. The van der Waals surface area contributed by atoms with Gasteiger partial charge in [-0.05, 0) is 46.8 Å². The highest BCUT2D eigenvalue weighted by atomic mass is 16.5. The third-order valence-electron chi connectivity index (χ3n) is 6.83. The van der Waals surface area contributed by atoms with E-state index in [1.807, 2.05) is 13.0 Å². The molecule has 0 bridgehead atoms. The minimum absolute atomic E-state index is 0.206. The Morgan fingerprint density at radius 3 is 2.62 bits per heavy atom. The number of carbonyl (C=O) groups excluding carboxylic acids is 2. The Hall–Kier alpha value is -1.68. The van der Waals surface area contributed by atoms with Crippen LogP contribution in [0.15, 0.2) is 18.2 Å². The van der Waals surface area contributed by atoms with Gasteiger partial charge in [0.1, 0.15) is 6.10 Å². The van der Waals surface area contributed by atoms with E-state index in [0.29, 0.717) is 11.5 Å². The molecule has 0 aliphatic heterocycles. The van der Waals surface area contributed by atoms with Crippen LogP contribution in [0.3, 0.4) is 0 Å². The molecule has 4 atom stereocenters. The van der Waals surface area contributed by atoms with E-state index in [1.54, 1.807) is 0 Å². The molecule has 0 heterocycles. The number of carbonyl (C=O) groups is 2. The molecule has 1 N–H and O–H groups in total. The van der Waals surface area contributed by atoms with Crippen LogP contribution in [0.4, 0.5) is 0 Å². The Morgan fingerprint density at radius 1 is 1.31 bits per heavy atom. The number of hydrogen-bond donors (Lipinski definition) is 1. The average molecular weight is 358 g/mol. The van der Waals surface area contributed by atoms with Gasteiger partial charge in [-0.15, -0.1) is 0 Å². The normalized spacial score (nSPS) is 33.6. The van der Waals surface area contributed by atoms with Crippen molar-refractivity contribution in [3.8, 4) is 0 Å². The number of methoxy groups -OCH3 is 1. The maximum atomic E-state index is 13.1. The SMILES string of the molecule is COC(=O)C[C@]1(C)CCC[C@]2(C)c3ccc(C(C)C)cc3C(=O)[C@H](O)[C@@H]12. The number of fused-ring (bicyclic) bond motifs is 3. The van der Waals surface area contributed by atoms with E-state index in [2.05, 4.69) is 32.9 Å². The van der Waals surface area contributed by atoms with Gasteiger partial charge < -0.3 is 9.84 Å². The Morgan fingerprint density at radius 2 is 2.00 bits per heavy atom. The molecule has 0 radical (unpaired) electrons. The highest BCUT2D eigenvalue weighted by Crippen LogP contribution is 2.58. The monoisotopic (exact) mass is 358 g/mol. The summed E-state index contributed by atoms with van der Waals surface area (Å²) in [7, 11) is 1.39. The van der Waals surface area contributed by atoms with E-state index >= 15 is 0 Å². The largest absolute Gasteiger partial charge is 0.469 e. The van der Waals surface area contributed by atoms with Gasteiger partial charge in [0.2, 0.25) is 0 Å². The summed E-state index contributed by atoms with van der Waals surface area (Å²) in [5.74, 6) is -0.445. The van der Waals surface area contributed by atoms with Crippen LogP contribution >= 0.6 is 0 Å². The molecule has 142 valence electrons. The molecule has 4 heteroatoms. The Bertz CT molecular complexity index is 738. The van der Waals surface area contributed by atoms with Crippen molar-refractivity contribution >= 4 is 11.8 Å². The average Bonchev–Trinajstić information content (AvgIpc) is 2.58. The first-order chi connectivity index (χ1) is 12.1. The summed E-state index contributed by atoms with van der Waals surface area (Å²) in [6.07, 6.45) is 1.84. The molecule has 4 nitrogen and oxygen atoms in total. The van der Waals surface area contributed by atoms with Gasteiger partial charge in [0.15, 0.2) is 5.78 Å². The quantitative estimate of drug-likeness (QED) is 0.830. The highest BCUT2D eigenvalue weighted by molar-refractivity contribution is 6.03. The van der Waals surface area contributed by atoms with E-state index in [9.17, 15) is 14.7 Å². The summed E-state index contributed by atoms with van der Waals surface area (Å²) >= 11 is 0. The summed E-state index contributed by atoms with van der Waals surface area (Å²) in [6, 6.07) is 6.13. The zero-order valence-corrected chi connectivity index (χ0v) is 16.5. The second kappa shape index (κ2) is 6.49. The molecule has 2 aliphatic rings. The third kappa shape index (κ3) is 2.79. The van der Waals surface area contributed by atoms with Crippen molar-refractivity contribution in [1.82, 2.24) is 0 Å². The summed E-state index contributed by atoms with van der Waals surface area (Å²) in [5, 5.41) is 11.0. The minimum Gasteiger partial charge on any atom is -0.469 e. The van der Waals surface area contributed by atoms with Gasteiger partial charge in [-0.3, -0.25) is 9.59 Å². The molecule has 0 unspecified atom stereocenters. The number of ether oxygens (including phenoxy) is 1. The molecule has 3 rings (SSSR count). The lowest BCUT2D eigenvalue weighted by Gasteiger charge is -2.56. The standard InChI is InChI=1S/C22H30O4/c1-13(2)14-7-8-16-15(11-14)18(24)19(25)20-21(3,12-17(23)26-5)9-6-10-22(16,20)4/h7-8,11,13,19-20,25H,6,9-10,12H2,1-5H3/t19-,20-,21-,22+/m0/s1. The summed E-state index contributed by atoms with van der Waals surface area (Å²) in [4.78, 5) is 25.1. The highest BCUT2D eigenvalue weighted by Gasteiger charge is 2.58. The number of aliphatic hydroxyl groups excluding tert-OH is 1. The first-order valence-electron chi connectivity index (χ1n) is 9.57. The van der Waals surface area contributed by atoms with Crippen LogP contribution in [0.5, 0.6) is 0 Å². The van der Waals surface area contributed by atoms with E-state index in [0.717, 1.165) is 30.4 Å². The first kappa shape index (κ1) is 19.1. The van der Waals surface area contributed by atoms with Gasteiger partial charge in [-0.2, -0.15) is 0 Å². The van der Waals surface area contributed by atoms with Crippen molar-refractivity contribution in [3.05, 3.63) is 34.9 Å². The summed E-state index contributed by atoms with van der Waals surface area (Å²) < 4.78 is 4.90. The van der Waals surface area contributed by atoms with E-state index in [1.165, 1.54) is 7.11 Å². The van der Waals surface area contributed by atoms with Crippen LogP contribution in [-0.2, 0) is 14.9 Å². The number of Topliss-reactive ketones (excluding diaryl/α,β-unsaturated/α-hetero) is 1. The second-order valence-corrected chi connectivity index (χ2v) is 8.92. The van der Waals surface area contributed by atoms with Crippen LogP contribution in [0.2, 0.25) is 0 Å². The smallest absolute Gasteiger partial charge is 0.306 e. The maximum absolute atomic E-state index is 13.1. The molecule has 1 aromatic rings. The third-order valence-corrected chi connectivity index (χ3v) is 6.83. The Labute approximate surface area is 155 Å². The number of benzene rings is 1. The second-order valence-electron chi connectivity index (χ2n) is 8.92. The fourth-order valence-electron chi connectivity index (χ4n) is 5.51. The molecule has 0 amide bonds. The molecular weight excluding hydrogens is 328 g/mol. The zero-order chi connectivity index (χ0) is 19.3. The van der Waals surface area contributed by atoms with Gasteiger partial charge >= 0.3 is 5.97 Å². The van der Waals surface area contributed by atoms with E-state index < -0.39 is 11.5 Å². The topological polar surface area (TPSA) is 63.6 Å². The van der Waals surface area contributed by atoms with E-state index in [-0.39, 0.29) is 29.5 Å². The number of aliphatic hydroxyl groups is 1. The predicted molar refractivity (Wildman–Crippen MR) is 100 cm³/mol. The number of esters is 1. The van der Waals surface area contributed by atoms with Gasteiger partial charge in [0.05, 0.1) is 13.5 Å². The minimum atomic E-state index is -1.08. The molecule has 1 aromatic carbocycles. The lowest BCUT2D eigenvalue weighted by atomic mass is 9.48. The molecule has 2 aliphatic carbocycles. The maximum Gasteiger partial charge on any atom is 0.306 e. The molecule has 1 fully saturated rings. The van der Waals surface area contributed by atoms with Crippen LogP contribution < -0.4 is 0 Å². The number of rotatable bonds is 3. The predicted octanol–water partition coefficient (Wildman–Crippen LogP) is 3.99. The lowest BCUT2D eigenvalue weighted by molar-refractivity contribution is -0.147. The van der Waals surface area contributed by atoms with Crippen LogP contribution in [0.25, 0.3) is 0 Å². The first-order valence-corrected chi connectivity index (χ1v) is 9.57. The molecular formula is C22H30O4. The number of ketones is 1. The molecule has 26 heavy (non-hydrogen) atoms. The molecule has 0 aromatic heterocycles. The van der Waals surface area contributed by atoms with Crippen molar-refractivity contribution in [1.29, 1.82) is 0 Å². The molecule has 0 spiro atoms. The van der Waals surface area contributed by atoms with Crippen molar-refractivity contribution in [2.75, 3.05) is 7.11 Å².